The van der Waals surface area contributed by atoms with Gasteiger partial charge in [-0.25, -0.2) is 0 Å². The highest BCUT2D eigenvalue weighted by atomic mass is 35.5. The molecule has 0 aliphatic carbocycles. The highest BCUT2D eigenvalue weighted by molar-refractivity contribution is 5.97. The second-order valence-corrected chi connectivity index (χ2v) is 7.74. The quantitative estimate of drug-likeness (QED) is 0.434. The summed E-state index contributed by atoms with van der Waals surface area (Å²) in [5, 5.41) is 3.32. The summed E-state index contributed by atoms with van der Waals surface area (Å²) in [6.07, 6.45) is 16.4. The average Bonchev–Trinajstić information content (AvgIpc) is 2.57. The molecule has 0 radical (unpaired) electrons. The van der Waals surface area contributed by atoms with E-state index in [2.05, 4.69) is 41.0 Å². The van der Waals surface area contributed by atoms with Crippen molar-refractivity contribution in [1.29, 1.82) is 0 Å². The molecule has 1 aliphatic rings. The Morgan fingerprint density at radius 3 is 1.81 bits per heavy atom. The second-order valence-electron chi connectivity index (χ2n) is 7.74. The van der Waals surface area contributed by atoms with Crippen LogP contribution in [-0.2, 0) is 0 Å². The van der Waals surface area contributed by atoms with Gasteiger partial charge in [-0.15, -0.1) is 12.4 Å². The molecular formula is C20H42ClN5. The average molecular weight is 388 g/mol. The molecule has 0 saturated carbocycles. The highest BCUT2D eigenvalue weighted by Crippen LogP contribution is 2.17. The van der Waals surface area contributed by atoms with Crippen LogP contribution in [-0.4, -0.2) is 36.1 Å². The minimum absolute atomic E-state index is 0. The van der Waals surface area contributed by atoms with E-state index in [0.717, 1.165) is 13.0 Å². The molecule has 0 atom stereocenters. The monoisotopic (exact) mass is 387 g/mol. The molecule has 0 aromatic rings. The number of hydrogen-bond donors (Lipinski definition) is 2. The van der Waals surface area contributed by atoms with Crippen molar-refractivity contribution in [3.63, 3.8) is 0 Å². The van der Waals surface area contributed by atoms with Crippen molar-refractivity contribution in [3.8, 4) is 0 Å². The summed E-state index contributed by atoms with van der Waals surface area (Å²) in [5.74, 6) is 1.20. The Morgan fingerprint density at radius 1 is 0.923 bits per heavy atom. The van der Waals surface area contributed by atoms with Gasteiger partial charge >= 0.3 is 0 Å². The summed E-state index contributed by atoms with van der Waals surface area (Å²) in [5.41, 5.74) is 5.89. The molecule has 0 aromatic carbocycles. The third kappa shape index (κ3) is 9.65. The first kappa shape index (κ1) is 25.0. The largest absolute Gasteiger partial charge is 0.369 e. The Bertz CT molecular complexity index is 420. The maximum absolute atomic E-state index is 6.11. The van der Waals surface area contributed by atoms with Gasteiger partial charge < -0.3 is 16.0 Å². The number of unbranched alkanes of at least 4 members (excludes halogenated alkanes) is 11. The molecule has 0 fully saturated rings. The van der Waals surface area contributed by atoms with Crippen LogP contribution in [0.25, 0.3) is 0 Å². The number of nitrogens with two attached hydrogens (primary N) is 1. The number of halogens is 1. The van der Waals surface area contributed by atoms with Gasteiger partial charge in [-0.3, -0.25) is 4.99 Å². The van der Waals surface area contributed by atoms with Crippen molar-refractivity contribution in [2.24, 2.45) is 15.7 Å². The minimum Gasteiger partial charge on any atom is -0.369 e. The molecule has 0 bridgehead atoms. The maximum atomic E-state index is 6.11. The van der Waals surface area contributed by atoms with E-state index in [-0.39, 0.29) is 18.1 Å². The molecule has 26 heavy (non-hydrogen) atoms. The van der Waals surface area contributed by atoms with Crippen LogP contribution in [0.3, 0.4) is 0 Å². The summed E-state index contributed by atoms with van der Waals surface area (Å²) in [6, 6.07) is 0. The molecule has 1 heterocycles. The van der Waals surface area contributed by atoms with E-state index >= 15 is 0 Å². The molecule has 0 spiro atoms. The van der Waals surface area contributed by atoms with Gasteiger partial charge in [0, 0.05) is 13.6 Å². The number of guanidine groups is 2. The van der Waals surface area contributed by atoms with Gasteiger partial charge in [-0.1, -0.05) is 77.6 Å². The fraction of sp³-hybridized carbons (Fsp3) is 0.900. The van der Waals surface area contributed by atoms with Gasteiger partial charge in [-0.05, 0) is 20.3 Å². The lowest BCUT2D eigenvalue weighted by atomic mass is 10.0. The summed E-state index contributed by atoms with van der Waals surface area (Å²) in [4.78, 5) is 10.6. The van der Waals surface area contributed by atoms with Gasteiger partial charge in [0.25, 0.3) is 0 Å². The predicted octanol–water partition coefficient (Wildman–Crippen LogP) is 5.05. The Labute approximate surface area is 167 Å². The maximum Gasteiger partial charge on any atom is 0.222 e. The van der Waals surface area contributed by atoms with Crippen molar-refractivity contribution in [2.75, 3.05) is 13.6 Å². The first-order valence-corrected chi connectivity index (χ1v) is 10.4. The van der Waals surface area contributed by atoms with E-state index in [1.54, 1.807) is 7.05 Å². The third-order valence-corrected chi connectivity index (χ3v) is 5.04. The molecule has 0 saturated heterocycles. The topological polar surface area (TPSA) is 66.0 Å². The van der Waals surface area contributed by atoms with Crippen molar-refractivity contribution in [3.05, 3.63) is 0 Å². The van der Waals surface area contributed by atoms with E-state index in [0.29, 0.717) is 11.9 Å². The van der Waals surface area contributed by atoms with Crippen LogP contribution >= 0.6 is 12.4 Å². The third-order valence-electron chi connectivity index (χ3n) is 5.04. The van der Waals surface area contributed by atoms with Crippen molar-refractivity contribution < 1.29 is 0 Å². The lowest BCUT2D eigenvalue weighted by Crippen LogP contribution is -2.64. The highest BCUT2D eigenvalue weighted by Gasteiger charge is 2.32. The minimum atomic E-state index is -0.224. The Balaban J connectivity index is 0.00000625. The number of rotatable bonds is 13. The van der Waals surface area contributed by atoms with E-state index < -0.39 is 0 Å². The summed E-state index contributed by atoms with van der Waals surface area (Å²) >= 11 is 0. The van der Waals surface area contributed by atoms with E-state index in [1.165, 1.54) is 70.6 Å². The van der Waals surface area contributed by atoms with Crippen LogP contribution in [0.15, 0.2) is 9.98 Å². The lowest BCUT2D eigenvalue weighted by molar-refractivity contribution is 0.182. The Hall–Kier alpha value is -0.970. The second kappa shape index (κ2) is 14.1. The molecule has 5 nitrogen and oxygen atoms in total. The van der Waals surface area contributed by atoms with Gasteiger partial charge in [0.05, 0.1) is 0 Å². The molecule has 0 amide bonds. The van der Waals surface area contributed by atoms with E-state index in [9.17, 15) is 0 Å². The standard InChI is InChI=1S/C20H41N5.ClH/c1-5-6-7-8-9-10-11-12-13-14-15-16-17-25-18(21)23-19(22-4)24-20(25,2)3;/h5-17H2,1-4H3,(H3,21,22,23,24);1H. The molecule has 6 heteroatoms. The lowest BCUT2D eigenvalue weighted by Gasteiger charge is -2.43. The van der Waals surface area contributed by atoms with Crippen LogP contribution < -0.4 is 11.1 Å². The fourth-order valence-corrected chi connectivity index (χ4v) is 3.44. The molecule has 1 rings (SSSR count). The zero-order chi connectivity index (χ0) is 18.5. The van der Waals surface area contributed by atoms with Crippen molar-refractivity contribution >= 4 is 24.3 Å². The molecule has 1 aliphatic heterocycles. The van der Waals surface area contributed by atoms with E-state index in [1.807, 2.05) is 0 Å². The number of hydrogen-bond acceptors (Lipinski definition) is 3. The zero-order valence-corrected chi connectivity index (χ0v) is 18.3. The summed E-state index contributed by atoms with van der Waals surface area (Å²) in [6.45, 7) is 7.48. The molecule has 3 N–H and O–H groups in total. The van der Waals surface area contributed by atoms with Gasteiger partial charge in [-0.2, -0.15) is 4.99 Å². The first-order chi connectivity index (χ1) is 12.0. The number of aliphatic imine (C=N–C) groups is 2. The van der Waals surface area contributed by atoms with Crippen LogP contribution in [0.4, 0.5) is 0 Å². The molecule has 154 valence electrons. The normalized spacial score (nSPS) is 17.6. The van der Waals surface area contributed by atoms with Crippen molar-refractivity contribution in [2.45, 2.75) is 103 Å². The van der Waals surface area contributed by atoms with Crippen LogP contribution in [0.2, 0.25) is 0 Å². The summed E-state index contributed by atoms with van der Waals surface area (Å²) in [7, 11) is 1.73. The van der Waals surface area contributed by atoms with Gasteiger partial charge in [0.2, 0.25) is 11.9 Å². The van der Waals surface area contributed by atoms with Gasteiger partial charge in [0.1, 0.15) is 5.66 Å². The van der Waals surface area contributed by atoms with Crippen LogP contribution in [0.5, 0.6) is 0 Å². The molecule has 0 unspecified atom stereocenters. The van der Waals surface area contributed by atoms with Crippen molar-refractivity contribution in [1.82, 2.24) is 10.2 Å². The predicted molar refractivity (Wildman–Crippen MR) is 117 cm³/mol. The first-order valence-electron chi connectivity index (χ1n) is 10.4. The Kier molecular flexibility index (Phi) is 13.6. The zero-order valence-electron chi connectivity index (χ0n) is 17.5. The van der Waals surface area contributed by atoms with Crippen LogP contribution in [0, 0.1) is 0 Å². The SMILES string of the molecule is CCCCCCCCCCCCCCN1C(N)=NC(=NC)NC1(C)C.Cl. The molecular weight excluding hydrogens is 346 g/mol. The van der Waals surface area contributed by atoms with Gasteiger partial charge in [0.15, 0.2) is 0 Å². The molecule has 0 aromatic heterocycles. The number of nitrogens with one attached hydrogen (secondary N) is 1. The number of nitrogens with zero attached hydrogens (tertiary/aromatic N) is 3. The van der Waals surface area contributed by atoms with Crippen LogP contribution in [0.1, 0.15) is 97.8 Å². The smallest absolute Gasteiger partial charge is 0.222 e. The van der Waals surface area contributed by atoms with E-state index in [4.69, 9.17) is 5.73 Å². The Morgan fingerprint density at radius 2 is 1.38 bits per heavy atom. The fourth-order valence-electron chi connectivity index (χ4n) is 3.44. The summed E-state index contributed by atoms with van der Waals surface area (Å²) < 4.78 is 0.